The lowest BCUT2D eigenvalue weighted by Gasteiger charge is -2.02. The summed E-state index contributed by atoms with van der Waals surface area (Å²) in [5.74, 6) is 0.419. The Morgan fingerprint density at radius 1 is 1.11 bits per heavy atom. The van der Waals surface area contributed by atoms with Crippen molar-refractivity contribution in [3.63, 3.8) is 0 Å². The maximum Gasteiger partial charge on any atom is 0.137 e. The molecule has 1 aromatic carbocycles. The molecule has 0 N–H and O–H groups in total. The second-order valence-corrected chi connectivity index (χ2v) is 5.19. The highest BCUT2D eigenvalue weighted by molar-refractivity contribution is 6.30. The zero-order chi connectivity index (χ0) is 13.4. The van der Waals surface area contributed by atoms with Crippen LogP contribution in [0.2, 0.25) is 5.02 Å². The van der Waals surface area contributed by atoms with E-state index in [0.29, 0.717) is 5.88 Å². The first-order chi connectivity index (χ1) is 9.19. The Labute approximate surface area is 121 Å². The van der Waals surface area contributed by atoms with Crippen LogP contribution in [0.15, 0.2) is 42.6 Å². The van der Waals surface area contributed by atoms with E-state index in [4.69, 9.17) is 23.2 Å². The van der Waals surface area contributed by atoms with Crippen LogP contribution in [-0.4, -0.2) is 9.38 Å². The fraction of sp³-hybridized carbons (Fsp3) is 0.133. The summed E-state index contributed by atoms with van der Waals surface area (Å²) in [6, 6.07) is 11.7. The van der Waals surface area contributed by atoms with E-state index in [0.717, 1.165) is 27.6 Å². The first-order valence-electron chi connectivity index (χ1n) is 5.98. The zero-order valence-electron chi connectivity index (χ0n) is 10.4. The van der Waals surface area contributed by atoms with Gasteiger partial charge in [0, 0.05) is 16.8 Å². The number of alkyl halides is 1. The molecular weight excluding hydrogens is 279 g/mol. The van der Waals surface area contributed by atoms with Gasteiger partial charge in [0.25, 0.3) is 0 Å². The summed E-state index contributed by atoms with van der Waals surface area (Å²) in [6.07, 6.45) is 2.06. The quantitative estimate of drug-likeness (QED) is 0.625. The first-order valence-corrected chi connectivity index (χ1v) is 6.90. The van der Waals surface area contributed by atoms with Crippen LogP contribution in [0.5, 0.6) is 0 Å². The Balaban J connectivity index is 2.25. The average molecular weight is 291 g/mol. The largest absolute Gasteiger partial charge is 0.302 e. The topological polar surface area (TPSA) is 17.3 Å². The molecule has 0 aliphatic heterocycles. The molecule has 0 radical (unpaired) electrons. The van der Waals surface area contributed by atoms with Gasteiger partial charge in [-0.2, -0.15) is 0 Å². The minimum atomic E-state index is 0.419. The third-order valence-electron chi connectivity index (χ3n) is 3.11. The van der Waals surface area contributed by atoms with Gasteiger partial charge in [-0.25, -0.2) is 4.98 Å². The van der Waals surface area contributed by atoms with E-state index in [1.54, 1.807) is 0 Å². The number of imidazole rings is 1. The van der Waals surface area contributed by atoms with Crippen LogP contribution in [-0.2, 0) is 5.88 Å². The highest BCUT2D eigenvalue weighted by atomic mass is 35.5. The van der Waals surface area contributed by atoms with E-state index in [-0.39, 0.29) is 0 Å². The van der Waals surface area contributed by atoms with Crippen molar-refractivity contribution in [1.29, 1.82) is 0 Å². The standard InChI is InChI=1S/C15H12Cl2N2/c1-10-2-7-14-18-15(13(8-16)19(14)9-10)11-3-5-12(17)6-4-11/h2-7,9H,8H2,1H3. The van der Waals surface area contributed by atoms with E-state index in [9.17, 15) is 0 Å². The van der Waals surface area contributed by atoms with Gasteiger partial charge in [-0.05, 0) is 30.7 Å². The maximum absolute atomic E-state index is 6.10. The van der Waals surface area contributed by atoms with Crippen LogP contribution >= 0.6 is 23.2 Å². The van der Waals surface area contributed by atoms with E-state index < -0.39 is 0 Å². The summed E-state index contributed by atoms with van der Waals surface area (Å²) in [5.41, 5.74) is 5.03. The van der Waals surface area contributed by atoms with Crippen LogP contribution < -0.4 is 0 Å². The molecule has 0 bridgehead atoms. The molecule has 2 aromatic heterocycles. The molecule has 0 aliphatic carbocycles. The van der Waals surface area contributed by atoms with Gasteiger partial charge in [0.05, 0.1) is 17.3 Å². The van der Waals surface area contributed by atoms with Crippen molar-refractivity contribution in [3.05, 3.63) is 58.9 Å². The third-order valence-corrected chi connectivity index (χ3v) is 3.61. The van der Waals surface area contributed by atoms with Crippen LogP contribution in [0.1, 0.15) is 11.3 Å². The van der Waals surface area contributed by atoms with Crippen molar-refractivity contribution >= 4 is 28.8 Å². The minimum Gasteiger partial charge on any atom is -0.302 e. The van der Waals surface area contributed by atoms with Crippen molar-refractivity contribution in [2.45, 2.75) is 12.8 Å². The molecule has 2 nitrogen and oxygen atoms in total. The summed E-state index contributed by atoms with van der Waals surface area (Å²) in [4.78, 5) is 4.66. The fourth-order valence-electron chi connectivity index (χ4n) is 2.17. The Morgan fingerprint density at radius 3 is 2.53 bits per heavy atom. The average Bonchev–Trinajstić information content (AvgIpc) is 2.77. The van der Waals surface area contributed by atoms with Gasteiger partial charge in [0.2, 0.25) is 0 Å². The van der Waals surface area contributed by atoms with E-state index in [2.05, 4.69) is 18.1 Å². The number of aryl methyl sites for hydroxylation is 1. The number of halogens is 2. The highest BCUT2D eigenvalue weighted by Crippen LogP contribution is 2.27. The van der Waals surface area contributed by atoms with Crippen LogP contribution in [0, 0.1) is 6.92 Å². The molecule has 0 aliphatic rings. The number of benzene rings is 1. The Kier molecular flexibility index (Phi) is 3.21. The summed E-state index contributed by atoms with van der Waals surface area (Å²) >= 11 is 12.0. The normalized spacial score (nSPS) is 11.1. The Hall–Kier alpha value is -1.51. The fourth-order valence-corrected chi connectivity index (χ4v) is 2.55. The van der Waals surface area contributed by atoms with Gasteiger partial charge >= 0.3 is 0 Å². The molecule has 2 heterocycles. The summed E-state index contributed by atoms with van der Waals surface area (Å²) in [5, 5.41) is 0.718. The van der Waals surface area contributed by atoms with E-state index >= 15 is 0 Å². The lowest BCUT2D eigenvalue weighted by molar-refractivity contribution is 1.07. The number of hydrogen-bond donors (Lipinski definition) is 0. The van der Waals surface area contributed by atoms with Gasteiger partial charge < -0.3 is 4.40 Å². The van der Waals surface area contributed by atoms with Gasteiger partial charge in [0.1, 0.15) is 5.65 Å². The molecule has 0 fully saturated rings. The molecular formula is C15H12Cl2N2. The monoisotopic (exact) mass is 290 g/mol. The molecule has 0 amide bonds. The SMILES string of the molecule is Cc1ccc2nc(-c3ccc(Cl)cc3)c(CCl)n2c1. The number of aromatic nitrogens is 2. The summed E-state index contributed by atoms with van der Waals surface area (Å²) < 4.78 is 2.05. The van der Waals surface area contributed by atoms with Crippen molar-refractivity contribution in [2.75, 3.05) is 0 Å². The smallest absolute Gasteiger partial charge is 0.137 e. The van der Waals surface area contributed by atoms with Crippen molar-refractivity contribution in [2.24, 2.45) is 0 Å². The third kappa shape index (κ3) is 2.22. The van der Waals surface area contributed by atoms with Crippen LogP contribution in [0.25, 0.3) is 16.9 Å². The molecule has 4 heteroatoms. The maximum atomic E-state index is 6.10. The molecule has 19 heavy (non-hydrogen) atoms. The predicted octanol–water partition coefficient (Wildman–Crippen LogP) is 4.70. The molecule has 0 spiro atoms. The summed E-state index contributed by atoms with van der Waals surface area (Å²) in [7, 11) is 0. The van der Waals surface area contributed by atoms with Crippen molar-refractivity contribution in [3.8, 4) is 11.3 Å². The highest BCUT2D eigenvalue weighted by Gasteiger charge is 2.13. The number of rotatable bonds is 2. The Bertz CT molecular complexity index is 730. The van der Waals surface area contributed by atoms with Crippen LogP contribution in [0.4, 0.5) is 0 Å². The molecule has 3 aromatic rings. The second kappa shape index (κ2) is 4.87. The lowest BCUT2D eigenvalue weighted by Crippen LogP contribution is -1.92. The molecule has 0 saturated carbocycles. The van der Waals surface area contributed by atoms with Gasteiger partial charge in [-0.1, -0.05) is 29.8 Å². The van der Waals surface area contributed by atoms with Crippen LogP contribution in [0.3, 0.4) is 0 Å². The number of nitrogens with zero attached hydrogens (tertiary/aromatic N) is 2. The second-order valence-electron chi connectivity index (χ2n) is 4.48. The molecule has 0 atom stereocenters. The lowest BCUT2D eigenvalue weighted by atomic mass is 10.1. The van der Waals surface area contributed by atoms with Gasteiger partial charge in [-0.15, -0.1) is 11.6 Å². The van der Waals surface area contributed by atoms with E-state index in [1.165, 1.54) is 5.56 Å². The molecule has 3 rings (SSSR count). The molecule has 96 valence electrons. The zero-order valence-corrected chi connectivity index (χ0v) is 11.9. The Morgan fingerprint density at radius 2 is 1.84 bits per heavy atom. The van der Waals surface area contributed by atoms with Gasteiger partial charge in [-0.3, -0.25) is 0 Å². The number of hydrogen-bond acceptors (Lipinski definition) is 1. The number of fused-ring (bicyclic) bond motifs is 1. The first kappa shape index (κ1) is 12.5. The molecule has 0 unspecified atom stereocenters. The van der Waals surface area contributed by atoms with Crippen molar-refractivity contribution < 1.29 is 0 Å². The molecule has 0 saturated heterocycles. The van der Waals surface area contributed by atoms with Crippen molar-refractivity contribution in [1.82, 2.24) is 9.38 Å². The predicted molar refractivity (Wildman–Crippen MR) is 79.9 cm³/mol. The van der Waals surface area contributed by atoms with E-state index in [1.807, 2.05) is 40.8 Å². The van der Waals surface area contributed by atoms with Gasteiger partial charge in [0.15, 0.2) is 0 Å². The summed E-state index contributed by atoms with van der Waals surface area (Å²) in [6.45, 7) is 2.05. The number of pyridine rings is 1. The minimum absolute atomic E-state index is 0.419.